The number of imide groups is 1. The van der Waals surface area contributed by atoms with Gasteiger partial charge in [0.1, 0.15) is 12.1 Å². The molecule has 0 spiro atoms. The van der Waals surface area contributed by atoms with Gasteiger partial charge in [-0.3, -0.25) is 14.5 Å². The maximum atomic E-state index is 13.3. The zero-order valence-electron chi connectivity index (χ0n) is 20.5. The highest BCUT2D eigenvalue weighted by Crippen LogP contribution is 2.61. The minimum atomic E-state index is -1.29. The van der Waals surface area contributed by atoms with Crippen LogP contribution >= 0.6 is 0 Å². The first-order valence-electron chi connectivity index (χ1n) is 12.3. The van der Waals surface area contributed by atoms with E-state index in [1.165, 1.54) is 52.7 Å². The van der Waals surface area contributed by atoms with Crippen molar-refractivity contribution in [1.82, 2.24) is 15.5 Å². The van der Waals surface area contributed by atoms with Crippen LogP contribution in [-0.2, 0) is 15.1 Å². The number of carbonyl (C=O) groups excluding carboxylic acids is 3. The third-order valence-electron chi connectivity index (χ3n) is 8.92. The van der Waals surface area contributed by atoms with Gasteiger partial charge in [-0.15, -0.1) is 0 Å². The van der Waals surface area contributed by atoms with Crippen LogP contribution in [0.15, 0.2) is 18.2 Å². The molecule has 1 heterocycles. The maximum absolute atomic E-state index is 13.3. The van der Waals surface area contributed by atoms with E-state index in [0.717, 1.165) is 22.7 Å². The Balaban J connectivity index is 1.27. The summed E-state index contributed by atoms with van der Waals surface area (Å²) in [5.41, 5.74) is -0.563. The molecule has 6 rings (SSSR count). The van der Waals surface area contributed by atoms with Gasteiger partial charge in [-0.05, 0) is 93.2 Å². The van der Waals surface area contributed by atoms with Crippen LogP contribution in [0.5, 0.6) is 11.5 Å². The average molecular weight is 470 g/mol. The number of rotatable bonds is 7. The highest BCUT2D eigenvalue weighted by molar-refractivity contribution is 6.09. The second kappa shape index (κ2) is 8.17. The lowest BCUT2D eigenvalue weighted by Crippen LogP contribution is -2.57. The number of urea groups is 1. The van der Waals surface area contributed by atoms with Gasteiger partial charge in [0.05, 0.1) is 14.2 Å². The Morgan fingerprint density at radius 3 is 2.24 bits per heavy atom. The SMILES string of the molecule is COc1ccc(C2(C)NC(=O)N(CC(=O)NC(C)C34CC5CC(CC(C5)C3)C4)C2=O)cc1OC. The lowest BCUT2D eigenvalue weighted by atomic mass is 9.48. The van der Waals surface area contributed by atoms with Gasteiger partial charge < -0.3 is 20.1 Å². The summed E-state index contributed by atoms with van der Waals surface area (Å²) in [4.78, 5) is 40.1. The van der Waals surface area contributed by atoms with E-state index in [4.69, 9.17) is 9.47 Å². The monoisotopic (exact) mass is 469 g/mol. The van der Waals surface area contributed by atoms with E-state index in [1.54, 1.807) is 25.1 Å². The number of methoxy groups -OCH3 is 2. The number of hydrogen-bond acceptors (Lipinski definition) is 5. The van der Waals surface area contributed by atoms with Crippen molar-refractivity contribution in [3.8, 4) is 11.5 Å². The largest absolute Gasteiger partial charge is 0.493 e. The van der Waals surface area contributed by atoms with Gasteiger partial charge in [0.2, 0.25) is 5.91 Å². The molecule has 2 unspecified atom stereocenters. The third kappa shape index (κ3) is 3.62. The molecule has 5 aliphatic rings. The molecule has 1 saturated heterocycles. The Kier molecular flexibility index (Phi) is 5.52. The summed E-state index contributed by atoms with van der Waals surface area (Å²) in [5, 5.41) is 5.92. The molecule has 5 fully saturated rings. The van der Waals surface area contributed by atoms with Crippen molar-refractivity contribution in [2.24, 2.45) is 23.2 Å². The minimum Gasteiger partial charge on any atom is -0.493 e. The van der Waals surface area contributed by atoms with Crippen LogP contribution in [0.2, 0.25) is 0 Å². The molecule has 1 aliphatic heterocycles. The first-order valence-corrected chi connectivity index (χ1v) is 12.3. The molecule has 8 nitrogen and oxygen atoms in total. The fourth-order valence-corrected chi connectivity index (χ4v) is 7.48. The van der Waals surface area contributed by atoms with Gasteiger partial charge in [0.15, 0.2) is 11.5 Å². The number of nitrogens with zero attached hydrogens (tertiary/aromatic N) is 1. The van der Waals surface area contributed by atoms with Crippen molar-refractivity contribution >= 4 is 17.8 Å². The Bertz CT molecular complexity index is 988. The molecule has 4 saturated carbocycles. The predicted octanol–water partition coefficient (Wildman–Crippen LogP) is 3.19. The Labute approximate surface area is 200 Å². The highest BCUT2D eigenvalue weighted by atomic mass is 16.5. The highest BCUT2D eigenvalue weighted by Gasteiger charge is 2.54. The molecular weight excluding hydrogens is 434 g/mol. The molecular formula is C26H35N3O5. The van der Waals surface area contributed by atoms with Gasteiger partial charge in [0, 0.05) is 6.04 Å². The molecule has 184 valence electrons. The molecule has 2 atom stereocenters. The second-order valence-corrected chi connectivity index (χ2v) is 11.1. The summed E-state index contributed by atoms with van der Waals surface area (Å²) >= 11 is 0. The quantitative estimate of drug-likeness (QED) is 0.598. The molecule has 0 aromatic heterocycles. The number of nitrogens with one attached hydrogen (secondary N) is 2. The van der Waals surface area contributed by atoms with Crippen molar-refractivity contribution in [2.45, 2.75) is 64.0 Å². The summed E-state index contributed by atoms with van der Waals surface area (Å²) in [6.07, 6.45) is 7.58. The predicted molar refractivity (Wildman–Crippen MR) is 125 cm³/mol. The zero-order chi connectivity index (χ0) is 24.3. The first-order chi connectivity index (χ1) is 16.2. The number of hydrogen-bond donors (Lipinski definition) is 2. The van der Waals surface area contributed by atoms with E-state index in [1.807, 2.05) is 0 Å². The van der Waals surface area contributed by atoms with Crippen LogP contribution in [-0.4, -0.2) is 49.6 Å². The maximum Gasteiger partial charge on any atom is 0.325 e. The standard InChI is InChI=1S/C26H35N3O5/c1-15(26-11-16-7-17(12-26)9-18(8-16)13-26)27-22(30)14-29-23(31)25(2,28-24(29)32)19-5-6-20(33-3)21(10-19)34-4/h5-6,10,15-18H,7-9,11-14H2,1-4H3,(H,27,30)(H,28,32). The Morgan fingerprint density at radius 1 is 1.09 bits per heavy atom. The molecule has 1 aromatic carbocycles. The van der Waals surface area contributed by atoms with E-state index in [0.29, 0.717) is 17.1 Å². The summed E-state index contributed by atoms with van der Waals surface area (Å²) in [6.45, 7) is 3.46. The van der Waals surface area contributed by atoms with Gasteiger partial charge in [-0.25, -0.2) is 4.79 Å². The fraction of sp³-hybridized carbons (Fsp3) is 0.654. The van der Waals surface area contributed by atoms with Crippen LogP contribution < -0.4 is 20.1 Å². The lowest BCUT2D eigenvalue weighted by Gasteiger charge is -2.59. The van der Waals surface area contributed by atoms with Crippen molar-refractivity contribution < 1.29 is 23.9 Å². The normalized spacial score (nSPS) is 34.7. The van der Waals surface area contributed by atoms with E-state index >= 15 is 0 Å². The van der Waals surface area contributed by atoms with E-state index in [2.05, 4.69) is 17.6 Å². The molecule has 1 aromatic rings. The Hall–Kier alpha value is -2.77. The van der Waals surface area contributed by atoms with Gasteiger partial charge in [0.25, 0.3) is 5.91 Å². The van der Waals surface area contributed by atoms with E-state index < -0.39 is 17.5 Å². The van der Waals surface area contributed by atoms with Gasteiger partial charge >= 0.3 is 6.03 Å². The topological polar surface area (TPSA) is 97.0 Å². The summed E-state index contributed by atoms with van der Waals surface area (Å²) in [6, 6.07) is 4.56. The average Bonchev–Trinajstić information content (AvgIpc) is 3.01. The van der Waals surface area contributed by atoms with Crippen LogP contribution in [0.1, 0.15) is 57.9 Å². The van der Waals surface area contributed by atoms with Crippen LogP contribution in [0.3, 0.4) is 0 Å². The Morgan fingerprint density at radius 2 is 1.68 bits per heavy atom. The smallest absolute Gasteiger partial charge is 0.325 e. The second-order valence-electron chi connectivity index (χ2n) is 11.1. The van der Waals surface area contributed by atoms with Crippen LogP contribution in [0.4, 0.5) is 4.79 Å². The van der Waals surface area contributed by atoms with Gasteiger partial charge in [-0.1, -0.05) is 6.07 Å². The van der Waals surface area contributed by atoms with Gasteiger partial charge in [-0.2, -0.15) is 0 Å². The summed E-state index contributed by atoms with van der Waals surface area (Å²) in [7, 11) is 3.05. The van der Waals surface area contributed by atoms with Crippen molar-refractivity contribution in [2.75, 3.05) is 20.8 Å². The fourth-order valence-electron chi connectivity index (χ4n) is 7.48. The van der Waals surface area contributed by atoms with Crippen LogP contribution in [0, 0.1) is 23.2 Å². The number of carbonyl (C=O) groups is 3. The van der Waals surface area contributed by atoms with Crippen molar-refractivity contribution in [3.63, 3.8) is 0 Å². The van der Waals surface area contributed by atoms with Crippen molar-refractivity contribution in [3.05, 3.63) is 23.8 Å². The summed E-state index contributed by atoms with van der Waals surface area (Å²) < 4.78 is 10.6. The molecule has 4 aliphatic carbocycles. The molecule has 34 heavy (non-hydrogen) atoms. The minimum absolute atomic E-state index is 0.0337. The third-order valence-corrected chi connectivity index (χ3v) is 8.92. The van der Waals surface area contributed by atoms with E-state index in [-0.39, 0.29) is 23.9 Å². The molecule has 4 amide bonds. The zero-order valence-corrected chi connectivity index (χ0v) is 20.5. The number of benzene rings is 1. The molecule has 4 bridgehead atoms. The number of amides is 4. The number of ether oxygens (including phenoxy) is 2. The molecule has 0 radical (unpaired) electrons. The molecule has 2 N–H and O–H groups in total. The lowest BCUT2D eigenvalue weighted by molar-refractivity contribution is -0.136. The van der Waals surface area contributed by atoms with E-state index in [9.17, 15) is 14.4 Å². The van der Waals surface area contributed by atoms with Crippen LogP contribution in [0.25, 0.3) is 0 Å². The summed E-state index contributed by atoms with van der Waals surface area (Å²) in [5.74, 6) is 2.62. The first kappa shape index (κ1) is 23.0. The van der Waals surface area contributed by atoms with Crippen molar-refractivity contribution in [1.29, 1.82) is 0 Å². The molecule has 8 heteroatoms.